The van der Waals surface area contributed by atoms with Gasteiger partial charge in [-0.05, 0) is 11.4 Å². The Morgan fingerprint density at radius 2 is 2.18 bits per heavy atom. The lowest BCUT2D eigenvalue weighted by Gasteiger charge is -2.28. The van der Waals surface area contributed by atoms with Crippen molar-refractivity contribution in [2.75, 3.05) is 36.6 Å². The van der Waals surface area contributed by atoms with E-state index in [0.29, 0.717) is 5.95 Å². The average Bonchev–Trinajstić information content (AvgIpc) is 2.86. The van der Waals surface area contributed by atoms with Crippen molar-refractivity contribution in [1.29, 1.82) is 0 Å². The number of nitrogens with zero attached hydrogens (tertiary/aromatic N) is 3. The monoisotopic (exact) mass is 251 g/mol. The van der Waals surface area contributed by atoms with Crippen LogP contribution in [0.5, 0.6) is 0 Å². The number of thiophene rings is 1. The first kappa shape index (κ1) is 10.7. The predicted octanol–water partition coefficient (Wildman–Crippen LogP) is 0.813. The quantitative estimate of drug-likeness (QED) is 0.607. The molecule has 7 heteroatoms. The van der Waals surface area contributed by atoms with Gasteiger partial charge in [-0.25, -0.2) is 10.8 Å². The second-order valence-electron chi connectivity index (χ2n) is 3.75. The maximum atomic E-state index is 5.39. The Labute approximate surface area is 102 Å². The minimum absolute atomic E-state index is 0.460. The largest absolute Gasteiger partial charge is 0.378 e. The minimum Gasteiger partial charge on any atom is -0.378 e. The van der Waals surface area contributed by atoms with E-state index < -0.39 is 0 Å². The van der Waals surface area contributed by atoms with Crippen LogP contribution in [-0.4, -0.2) is 36.3 Å². The number of hydrogen-bond donors (Lipinski definition) is 2. The van der Waals surface area contributed by atoms with Gasteiger partial charge in [0.2, 0.25) is 5.95 Å². The molecule has 1 aliphatic heterocycles. The van der Waals surface area contributed by atoms with Gasteiger partial charge in [0.1, 0.15) is 10.6 Å². The maximum absolute atomic E-state index is 5.39. The molecule has 0 unspecified atom stereocenters. The summed E-state index contributed by atoms with van der Waals surface area (Å²) in [7, 11) is 0. The standard InChI is InChI=1S/C10H13N5OS/c11-14-10-12-8(15-2-4-16-5-3-15)7-1-6-17-9(7)13-10/h1,6H,2-5,11H2,(H,12,13,14). The lowest BCUT2D eigenvalue weighted by Crippen LogP contribution is -2.37. The predicted molar refractivity (Wildman–Crippen MR) is 68.3 cm³/mol. The number of nitrogens with one attached hydrogen (secondary N) is 1. The van der Waals surface area contributed by atoms with E-state index in [0.717, 1.165) is 42.3 Å². The molecule has 2 aromatic rings. The maximum Gasteiger partial charge on any atom is 0.240 e. The molecular formula is C10H13N5OS. The number of hydrogen-bond acceptors (Lipinski definition) is 7. The summed E-state index contributed by atoms with van der Waals surface area (Å²) in [4.78, 5) is 11.9. The fourth-order valence-corrected chi connectivity index (χ4v) is 2.68. The number of aromatic nitrogens is 2. The van der Waals surface area contributed by atoms with Gasteiger partial charge < -0.3 is 9.64 Å². The molecule has 0 aromatic carbocycles. The minimum atomic E-state index is 0.460. The third-order valence-corrected chi connectivity index (χ3v) is 3.55. The number of fused-ring (bicyclic) bond motifs is 1. The van der Waals surface area contributed by atoms with Crippen molar-refractivity contribution in [1.82, 2.24) is 9.97 Å². The second-order valence-corrected chi connectivity index (χ2v) is 4.65. The van der Waals surface area contributed by atoms with E-state index >= 15 is 0 Å². The molecule has 3 rings (SSSR count). The van der Waals surface area contributed by atoms with Crippen LogP contribution in [0.3, 0.4) is 0 Å². The number of morpholine rings is 1. The average molecular weight is 251 g/mol. The van der Waals surface area contributed by atoms with Crippen molar-refractivity contribution in [3.05, 3.63) is 11.4 Å². The van der Waals surface area contributed by atoms with Gasteiger partial charge in [-0.1, -0.05) is 0 Å². The third kappa shape index (κ3) is 1.92. The summed E-state index contributed by atoms with van der Waals surface area (Å²) in [6.45, 7) is 3.18. The van der Waals surface area contributed by atoms with E-state index in [4.69, 9.17) is 10.6 Å². The zero-order chi connectivity index (χ0) is 11.7. The SMILES string of the molecule is NNc1nc(N2CCOCC2)c2ccsc2n1. The number of nitrogen functional groups attached to an aromatic ring is 1. The summed E-state index contributed by atoms with van der Waals surface area (Å²) in [5.74, 6) is 6.79. The highest BCUT2D eigenvalue weighted by Gasteiger charge is 2.17. The van der Waals surface area contributed by atoms with Crippen molar-refractivity contribution in [2.24, 2.45) is 5.84 Å². The fraction of sp³-hybridized carbons (Fsp3) is 0.400. The lowest BCUT2D eigenvalue weighted by molar-refractivity contribution is 0.122. The number of anilines is 2. The molecule has 2 aromatic heterocycles. The summed E-state index contributed by atoms with van der Waals surface area (Å²) < 4.78 is 5.35. The van der Waals surface area contributed by atoms with Crippen LogP contribution in [0.25, 0.3) is 10.2 Å². The molecule has 1 saturated heterocycles. The third-order valence-electron chi connectivity index (χ3n) is 2.74. The van der Waals surface area contributed by atoms with E-state index in [9.17, 15) is 0 Å². The van der Waals surface area contributed by atoms with Gasteiger partial charge in [0, 0.05) is 13.1 Å². The van der Waals surface area contributed by atoms with Gasteiger partial charge in [-0.2, -0.15) is 4.98 Å². The van der Waals surface area contributed by atoms with Gasteiger partial charge in [0.25, 0.3) is 0 Å². The van der Waals surface area contributed by atoms with Crippen molar-refractivity contribution in [2.45, 2.75) is 0 Å². The second kappa shape index (κ2) is 4.44. The molecule has 17 heavy (non-hydrogen) atoms. The van der Waals surface area contributed by atoms with Crippen molar-refractivity contribution >= 4 is 33.3 Å². The first-order valence-corrected chi connectivity index (χ1v) is 6.31. The molecule has 0 bridgehead atoms. The van der Waals surface area contributed by atoms with E-state index in [1.807, 2.05) is 11.4 Å². The highest BCUT2D eigenvalue weighted by atomic mass is 32.1. The van der Waals surface area contributed by atoms with Gasteiger partial charge in [-0.15, -0.1) is 11.3 Å². The number of hydrazine groups is 1. The topological polar surface area (TPSA) is 76.3 Å². The highest BCUT2D eigenvalue weighted by Crippen LogP contribution is 2.29. The van der Waals surface area contributed by atoms with Gasteiger partial charge in [0.05, 0.1) is 18.6 Å². The molecule has 3 heterocycles. The molecule has 6 nitrogen and oxygen atoms in total. The smallest absolute Gasteiger partial charge is 0.240 e. The van der Waals surface area contributed by atoms with Crippen molar-refractivity contribution < 1.29 is 4.74 Å². The summed E-state index contributed by atoms with van der Waals surface area (Å²) in [6, 6.07) is 2.05. The summed E-state index contributed by atoms with van der Waals surface area (Å²) in [6.07, 6.45) is 0. The van der Waals surface area contributed by atoms with E-state index in [2.05, 4.69) is 20.3 Å². The summed E-state index contributed by atoms with van der Waals surface area (Å²) in [5, 5.41) is 3.10. The molecule has 3 N–H and O–H groups in total. The van der Waals surface area contributed by atoms with E-state index in [1.165, 1.54) is 0 Å². The Bertz CT molecular complexity index is 522. The Balaban J connectivity index is 2.08. The molecule has 0 amide bonds. The molecule has 1 aliphatic rings. The fourth-order valence-electron chi connectivity index (χ4n) is 1.92. The molecule has 1 fully saturated rings. The van der Waals surface area contributed by atoms with Gasteiger partial charge in [-0.3, -0.25) is 5.43 Å². The van der Waals surface area contributed by atoms with E-state index in [1.54, 1.807) is 11.3 Å². The van der Waals surface area contributed by atoms with Crippen LogP contribution >= 0.6 is 11.3 Å². The number of nitrogens with two attached hydrogens (primary N) is 1. The molecule has 90 valence electrons. The van der Waals surface area contributed by atoms with Crippen molar-refractivity contribution in [3.63, 3.8) is 0 Å². The van der Waals surface area contributed by atoms with Crippen LogP contribution in [0, 0.1) is 0 Å². The van der Waals surface area contributed by atoms with Crippen LogP contribution in [0.15, 0.2) is 11.4 Å². The Morgan fingerprint density at radius 1 is 1.35 bits per heavy atom. The summed E-state index contributed by atoms with van der Waals surface area (Å²) >= 11 is 1.59. The Kier molecular flexibility index (Phi) is 2.79. The van der Waals surface area contributed by atoms with Crippen LogP contribution in [-0.2, 0) is 4.74 Å². The number of ether oxygens (including phenoxy) is 1. The first-order chi connectivity index (χ1) is 8.38. The molecule has 0 saturated carbocycles. The highest BCUT2D eigenvalue weighted by molar-refractivity contribution is 7.16. The molecule has 0 spiro atoms. The molecule has 0 atom stereocenters. The zero-order valence-electron chi connectivity index (χ0n) is 9.22. The Hall–Kier alpha value is -1.44. The van der Waals surface area contributed by atoms with Gasteiger partial charge >= 0.3 is 0 Å². The zero-order valence-corrected chi connectivity index (χ0v) is 10.0. The van der Waals surface area contributed by atoms with E-state index in [-0.39, 0.29) is 0 Å². The van der Waals surface area contributed by atoms with Crippen molar-refractivity contribution in [3.8, 4) is 0 Å². The lowest BCUT2D eigenvalue weighted by atomic mass is 10.3. The van der Waals surface area contributed by atoms with Crippen LogP contribution in [0.4, 0.5) is 11.8 Å². The molecule has 0 aliphatic carbocycles. The molecular weight excluding hydrogens is 238 g/mol. The van der Waals surface area contributed by atoms with Gasteiger partial charge in [0.15, 0.2) is 0 Å². The Morgan fingerprint density at radius 3 is 2.94 bits per heavy atom. The number of rotatable bonds is 2. The van der Waals surface area contributed by atoms with Crippen LogP contribution in [0.1, 0.15) is 0 Å². The normalized spacial score (nSPS) is 16.4. The first-order valence-electron chi connectivity index (χ1n) is 5.43. The summed E-state index contributed by atoms with van der Waals surface area (Å²) in [5.41, 5.74) is 2.51. The molecule has 0 radical (unpaired) electrons. The van der Waals surface area contributed by atoms with Crippen LogP contribution < -0.4 is 16.2 Å². The van der Waals surface area contributed by atoms with Crippen LogP contribution in [0.2, 0.25) is 0 Å².